The number of likely N-dealkylation sites (tertiary alicyclic amines) is 1. The number of hydrogen-bond donors (Lipinski definition) is 1. The molecule has 2 unspecified atom stereocenters. The first-order chi connectivity index (χ1) is 16.2. The summed E-state index contributed by atoms with van der Waals surface area (Å²) in [6.07, 6.45) is 10.6. The Hall–Kier alpha value is -1.80. The van der Waals surface area contributed by atoms with E-state index in [0.717, 1.165) is 12.8 Å². The van der Waals surface area contributed by atoms with Crippen molar-refractivity contribution in [2.24, 2.45) is 17.8 Å². The fraction of sp³-hybridized carbons (Fsp3) is 0.731. The van der Waals surface area contributed by atoms with Crippen LogP contribution in [0.3, 0.4) is 0 Å². The van der Waals surface area contributed by atoms with Crippen molar-refractivity contribution in [1.29, 1.82) is 0 Å². The average Bonchev–Trinajstić information content (AvgIpc) is 3.11. The minimum atomic E-state index is -0.813. The number of carbonyl (C=O) groups is 3. The molecule has 188 valence electrons. The van der Waals surface area contributed by atoms with E-state index in [1.807, 2.05) is 17.1 Å². The molecule has 0 saturated carbocycles. The van der Waals surface area contributed by atoms with Crippen LogP contribution in [0.15, 0.2) is 24.3 Å². The highest BCUT2D eigenvalue weighted by Crippen LogP contribution is 2.61. The molecular formula is C26H39N3O4S. The summed E-state index contributed by atoms with van der Waals surface area (Å²) < 4.78 is -0.813. The molecule has 3 amide bonds. The maximum Gasteiger partial charge on any atom is 0.247 e. The second-order valence-electron chi connectivity index (χ2n) is 10.7. The molecule has 0 aromatic carbocycles. The van der Waals surface area contributed by atoms with E-state index in [1.54, 1.807) is 28.6 Å². The number of aliphatic hydroxyl groups is 1. The largest absolute Gasteiger partial charge is 0.394 e. The third kappa shape index (κ3) is 3.91. The van der Waals surface area contributed by atoms with Gasteiger partial charge in [-0.05, 0) is 25.7 Å². The molecule has 0 bridgehead atoms. The fourth-order valence-corrected chi connectivity index (χ4v) is 8.40. The lowest BCUT2D eigenvalue weighted by atomic mass is 9.78. The number of thioether (sulfide) groups is 1. The second-order valence-corrected chi connectivity index (χ2v) is 12.2. The van der Waals surface area contributed by atoms with Crippen molar-refractivity contribution in [2.75, 3.05) is 26.7 Å². The van der Waals surface area contributed by atoms with Crippen LogP contribution in [-0.4, -0.2) is 92.4 Å². The standard InChI is InChI=1S/C26H39N3O4S/c1-6-9-17(4)28-13-8-11-26-21(20-19(34-26)10-7-12-27(5)23(20)31)24(32)29(22(26)25(28)33)18(15-30)14-16(2)3/h7-8,10-11,16-22,30H,6,9,12-15H2,1-5H3/t17?,18-,19-,20+,21+,22?,26+/m1/s1. The Morgan fingerprint density at radius 2 is 1.85 bits per heavy atom. The summed E-state index contributed by atoms with van der Waals surface area (Å²) in [4.78, 5) is 47.2. The van der Waals surface area contributed by atoms with Crippen LogP contribution in [0.25, 0.3) is 0 Å². The van der Waals surface area contributed by atoms with Crippen LogP contribution in [0.4, 0.5) is 0 Å². The van der Waals surface area contributed by atoms with Gasteiger partial charge in [-0.25, -0.2) is 0 Å². The SMILES string of the molecule is CCCC(C)N1CC=C[C@]23S[C@@H]4C=CCN(C)C(=O)[C@@H]4[C@H]2C(=O)N([C@@H](CO)CC(C)C)C3C1=O. The minimum Gasteiger partial charge on any atom is -0.394 e. The molecule has 34 heavy (non-hydrogen) atoms. The summed E-state index contributed by atoms with van der Waals surface area (Å²) in [7, 11) is 1.77. The Morgan fingerprint density at radius 3 is 2.50 bits per heavy atom. The zero-order valence-corrected chi connectivity index (χ0v) is 21.8. The molecular weight excluding hydrogens is 450 g/mol. The van der Waals surface area contributed by atoms with E-state index in [1.165, 1.54) is 0 Å². The predicted octanol–water partition coefficient (Wildman–Crippen LogP) is 2.31. The molecule has 7 nitrogen and oxygen atoms in total. The van der Waals surface area contributed by atoms with Gasteiger partial charge in [-0.2, -0.15) is 0 Å². The lowest BCUT2D eigenvalue weighted by Gasteiger charge is -2.40. The molecule has 8 heteroatoms. The molecule has 0 aliphatic carbocycles. The van der Waals surface area contributed by atoms with Crippen LogP contribution < -0.4 is 0 Å². The van der Waals surface area contributed by atoms with Crippen LogP contribution >= 0.6 is 11.8 Å². The van der Waals surface area contributed by atoms with Crippen molar-refractivity contribution in [3.05, 3.63) is 24.3 Å². The van der Waals surface area contributed by atoms with Gasteiger partial charge < -0.3 is 19.8 Å². The third-order valence-electron chi connectivity index (χ3n) is 7.92. The lowest BCUT2D eigenvalue weighted by Crippen LogP contribution is -2.58. The Kier molecular flexibility index (Phi) is 7.21. The van der Waals surface area contributed by atoms with Crippen molar-refractivity contribution in [3.8, 4) is 0 Å². The van der Waals surface area contributed by atoms with Crippen molar-refractivity contribution >= 4 is 29.5 Å². The van der Waals surface area contributed by atoms with Gasteiger partial charge in [-0.1, -0.05) is 51.5 Å². The number of carbonyl (C=O) groups excluding carboxylic acids is 3. The normalized spacial score (nSPS) is 34.8. The van der Waals surface area contributed by atoms with Crippen molar-refractivity contribution < 1.29 is 19.5 Å². The van der Waals surface area contributed by atoms with Gasteiger partial charge in [0.15, 0.2) is 0 Å². The molecule has 4 rings (SSSR count). The topological polar surface area (TPSA) is 81.2 Å². The Labute approximate surface area is 207 Å². The van der Waals surface area contributed by atoms with Gasteiger partial charge in [-0.3, -0.25) is 14.4 Å². The smallest absolute Gasteiger partial charge is 0.247 e. The van der Waals surface area contributed by atoms with E-state index in [4.69, 9.17) is 0 Å². The first-order valence-corrected chi connectivity index (χ1v) is 13.6. The number of likely N-dealkylation sites (N-methyl/N-ethyl adjacent to an activating group) is 1. The maximum atomic E-state index is 14.2. The first kappa shape index (κ1) is 25.3. The maximum absolute atomic E-state index is 14.2. The Balaban J connectivity index is 1.85. The minimum absolute atomic E-state index is 0.0379. The highest BCUT2D eigenvalue weighted by molar-refractivity contribution is 8.02. The fourth-order valence-electron chi connectivity index (χ4n) is 6.40. The van der Waals surface area contributed by atoms with E-state index in [0.29, 0.717) is 19.5 Å². The summed E-state index contributed by atoms with van der Waals surface area (Å²) in [6, 6.07) is -1.12. The monoisotopic (exact) mass is 489 g/mol. The number of hydrogen-bond acceptors (Lipinski definition) is 5. The van der Waals surface area contributed by atoms with Gasteiger partial charge in [0, 0.05) is 31.4 Å². The zero-order chi connectivity index (χ0) is 24.8. The van der Waals surface area contributed by atoms with Gasteiger partial charge in [0.05, 0.1) is 29.2 Å². The van der Waals surface area contributed by atoms with Crippen LogP contribution in [-0.2, 0) is 14.4 Å². The van der Waals surface area contributed by atoms with Crippen LogP contribution in [0.2, 0.25) is 0 Å². The van der Waals surface area contributed by atoms with Crippen molar-refractivity contribution in [3.63, 3.8) is 0 Å². The van der Waals surface area contributed by atoms with Gasteiger partial charge in [0.2, 0.25) is 17.7 Å². The number of aliphatic hydroxyl groups excluding tert-OH is 1. The average molecular weight is 490 g/mol. The van der Waals surface area contributed by atoms with Crippen LogP contribution in [0.1, 0.15) is 47.0 Å². The predicted molar refractivity (Wildman–Crippen MR) is 134 cm³/mol. The van der Waals surface area contributed by atoms with Crippen LogP contribution in [0.5, 0.6) is 0 Å². The van der Waals surface area contributed by atoms with Gasteiger partial charge >= 0.3 is 0 Å². The van der Waals surface area contributed by atoms with E-state index >= 15 is 0 Å². The van der Waals surface area contributed by atoms with E-state index in [2.05, 4.69) is 39.8 Å². The number of rotatable bonds is 7. The molecule has 4 aliphatic heterocycles. The summed E-state index contributed by atoms with van der Waals surface area (Å²) in [5.41, 5.74) is 0. The van der Waals surface area contributed by atoms with E-state index < -0.39 is 28.7 Å². The van der Waals surface area contributed by atoms with E-state index in [-0.39, 0.29) is 41.5 Å². The molecule has 1 spiro atoms. The molecule has 0 aromatic rings. The molecule has 2 saturated heterocycles. The highest BCUT2D eigenvalue weighted by Gasteiger charge is 2.71. The summed E-state index contributed by atoms with van der Waals surface area (Å²) in [5, 5.41) is 10.2. The van der Waals surface area contributed by atoms with Gasteiger partial charge in [-0.15, -0.1) is 11.8 Å². The zero-order valence-electron chi connectivity index (χ0n) is 21.0. The number of fused-ring (bicyclic) bond motifs is 2. The highest BCUT2D eigenvalue weighted by atomic mass is 32.2. The summed E-state index contributed by atoms with van der Waals surface area (Å²) in [5.74, 6) is -1.13. The number of amides is 3. The molecule has 1 N–H and O–H groups in total. The lowest BCUT2D eigenvalue weighted by molar-refractivity contribution is -0.147. The van der Waals surface area contributed by atoms with Crippen molar-refractivity contribution in [2.45, 2.75) is 75.1 Å². The number of nitrogens with zero attached hydrogens (tertiary/aromatic N) is 3. The first-order valence-electron chi connectivity index (χ1n) is 12.7. The summed E-state index contributed by atoms with van der Waals surface area (Å²) >= 11 is 1.60. The molecule has 4 heterocycles. The Morgan fingerprint density at radius 1 is 1.12 bits per heavy atom. The molecule has 4 aliphatic rings. The second kappa shape index (κ2) is 9.69. The van der Waals surface area contributed by atoms with E-state index in [9.17, 15) is 19.5 Å². The molecule has 0 radical (unpaired) electrons. The molecule has 2 fully saturated rings. The van der Waals surface area contributed by atoms with Crippen molar-refractivity contribution in [1.82, 2.24) is 14.7 Å². The van der Waals surface area contributed by atoms with Gasteiger partial charge in [0.25, 0.3) is 0 Å². The van der Waals surface area contributed by atoms with Gasteiger partial charge in [0.1, 0.15) is 6.04 Å². The molecule has 0 aromatic heterocycles. The Bertz CT molecular complexity index is 889. The third-order valence-corrected chi connectivity index (χ3v) is 9.66. The summed E-state index contributed by atoms with van der Waals surface area (Å²) in [6.45, 7) is 9.12. The molecule has 7 atom stereocenters. The van der Waals surface area contributed by atoms with Crippen LogP contribution in [0, 0.1) is 17.8 Å². The quantitative estimate of drug-likeness (QED) is 0.555.